The van der Waals surface area contributed by atoms with Gasteiger partial charge in [-0.1, -0.05) is 26.2 Å². The van der Waals surface area contributed by atoms with Gasteiger partial charge >= 0.3 is 0 Å². The SMILES string of the molecule is CCC1CCCC(OCCOc2ccc(C#N)cc2)C1. The molecule has 2 unspecified atom stereocenters. The van der Waals surface area contributed by atoms with Crippen molar-refractivity contribution in [1.29, 1.82) is 5.26 Å². The third-order valence-electron chi connectivity index (χ3n) is 4.00. The number of benzene rings is 1. The highest BCUT2D eigenvalue weighted by atomic mass is 16.5. The monoisotopic (exact) mass is 273 g/mol. The van der Waals surface area contributed by atoms with E-state index in [-0.39, 0.29) is 0 Å². The van der Waals surface area contributed by atoms with Crippen molar-refractivity contribution in [3.05, 3.63) is 29.8 Å². The van der Waals surface area contributed by atoms with Crippen molar-refractivity contribution >= 4 is 0 Å². The maximum Gasteiger partial charge on any atom is 0.119 e. The summed E-state index contributed by atoms with van der Waals surface area (Å²) in [5.41, 5.74) is 0.654. The first kappa shape index (κ1) is 14.9. The number of hydrogen-bond acceptors (Lipinski definition) is 3. The molecule has 0 spiro atoms. The predicted octanol–water partition coefficient (Wildman–Crippen LogP) is 3.92. The lowest BCUT2D eigenvalue weighted by atomic mass is 9.85. The molecule has 1 aliphatic rings. The Hall–Kier alpha value is -1.53. The van der Waals surface area contributed by atoms with Crippen molar-refractivity contribution in [1.82, 2.24) is 0 Å². The van der Waals surface area contributed by atoms with Gasteiger partial charge in [0.15, 0.2) is 0 Å². The van der Waals surface area contributed by atoms with Crippen LogP contribution in [0.25, 0.3) is 0 Å². The van der Waals surface area contributed by atoms with E-state index in [0.29, 0.717) is 24.9 Å². The number of rotatable bonds is 6. The molecule has 2 atom stereocenters. The van der Waals surface area contributed by atoms with Gasteiger partial charge in [-0.15, -0.1) is 0 Å². The summed E-state index contributed by atoms with van der Waals surface area (Å²) >= 11 is 0. The van der Waals surface area contributed by atoms with Crippen LogP contribution in [0.5, 0.6) is 5.75 Å². The molecule has 0 bridgehead atoms. The van der Waals surface area contributed by atoms with Crippen molar-refractivity contribution in [2.75, 3.05) is 13.2 Å². The summed E-state index contributed by atoms with van der Waals surface area (Å²) in [4.78, 5) is 0. The van der Waals surface area contributed by atoms with Crippen LogP contribution in [-0.2, 0) is 4.74 Å². The minimum Gasteiger partial charge on any atom is -0.491 e. The molecule has 0 N–H and O–H groups in total. The van der Waals surface area contributed by atoms with Gasteiger partial charge in [-0.05, 0) is 43.0 Å². The maximum atomic E-state index is 8.72. The highest BCUT2D eigenvalue weighted by molar-refractivity contribution is 5.34. The van der Waals surface area contributed by atoms with E-state index in [4.69, 9.17) is 14.7 Å². The quantitative estimate of drug-likeness (QED) is 0.738. The van der Waals surface area contributed by atoms with Gasteiger partial charge in [0.2, 0.25) is 0 Å². The number of nitriles is 1. The minimum atomic E-state index is 0.415. The van der Waals surface area contributed by atoms with Crippen LogP contribution < -0.4 is 4.74 Å². The largest absolute Gasteiger partial charge is 0.491 e. The summed E-state index contributed by atoms with van der Waals surface area (Å²) < 4.78 is 11.5. The molecule has 0 heterocycles. The lowest BCUT2D eigenvalue weighted by Crippen LogP contribution is -2.24. The Bertz CT molecular complexity index is 435. The molecule has 1 aromatic carbocycles. The summed E-state index contributed by atoms with van der Waals surface area (Å²) in [6, 6.07) is 9.28. The fraction of sp³-hybridized carbons (Fsp3) is 0.588. The Labute approximate surface area is 121 Å². The molecule has 1 saturated carbocycles. The molecule has 108 valence electrons. The van der Waals surface area contributed by atoms with E-state index >= 15 is 0 Å². The number of ether oxygens (including phenoxy) is 2. The fourth-order valence-corrected chi connectivity index (χ4v) is 2.76. The smallest absolute Gasteiger partial charge is 0.119 e. The zero-order valence-corrected chi connectivity index (χ0v) is 12.2. The van der Waals surface area contributed by atoms with E-state index in [1.165, 1.54) is 32.1 Å². The molecule has 0 saturated heterocycles. The highest BCUT2D eigenvalue weighted by Gasteiger charge is 2.20. The second-order valence-electron chi connectivity index (χ2n) is 5.42. The zero-order chi connectivity index (χ0) is 14.2. The molecular weight excluding hydrogens is 250 g/mol. The molecule has 1 fully saturated rings. The van der Waals surface area contributed by atoms with Gasteiger partial charge in [-0.25, -0.2) is 0 Å². The lowest BCUT2D eigenvalue weighted by Gasteiger charge is -2.28. The highest BCUT2D eigenvalue weighted by Crippen LogP contribution is 2.28. The van der Waals surface area contributed by atoms with Crippen LogP contribution in [0.15, 0.2) is 24.3 Å². The third-order valence-corrected chi connectivity index (χ3v) is 4.00. The van der Waals surface area contributed by atoms with Crippen LogP contribution >= 0.6 is 0 Å². The summed E-state index contributed by atoms with van der Waals surface area (Å²) in [7, 11) is 0. The Balaban J connectivity index is 1.64. The van der Waals surface area contributed by atoms with Gasteiger partial charge in [0.05, 0.1) is 24.3 Å². The fourth-order valence-electron chi connectivity index (χ4n) is 2.76. The molecule has 3 heteroatoms. The van der Waals surface area contributed by atoms with E-state index in [9.17, 15) is 0 Å². The van der Waals surface area contributed by atoms with Gasteiger partial charge in [-0.3, -0.25) is 0 Å². The first-order valence-electron chi connectivity index (χ1n) is 7.56. The van der Waals surface area contributed by atoms with Crippen LogP contribution in [0.3, 0.4) is 0 Å². The van der Waals surface area contributed by atoms with Crippen LogP contribution in [0.1, 0.15) is 44.6 Å². The van der Waals surface area contributed by atoms with E-state index in [0.717, 1.165) is 11.7 Å². The Morgan fingerprint density at radius 1 is 1.20 bits per heavy atom. The van der Waals surface area contributed by atoms with Crippen molar-refractivity contribution in [2.45, 2.75) is 45.1 Å². The first-order chi connectivity index (χ1) is 9.81. The molecule has 0 aliphatic heterocycles. The lowest BCUT2D eigenvalue weighted by molar-refractivity contribution is -0.000659. The Morgan fingerprint density at radius 2 is 2.00 bits per heavy atom. The summed E-state index contributed by atoms with van der Waals surface area (Å²) in [6.07, 6.45) is 6.72. The molecule has 0 amide bonds. The molecule has 1 aliphatic carbocycles. The van der Waals surface area contributed by atoms with Gasteiger partial charge in [0.25, 0.3) is 0 Å². The normalized spacial score (nSPS) is 22.2. The van der Waals surface area contributed by atoms with E-state index in [1.807, 2.05) is 12.1 Å². The van der Waals surface area contributed by atoms with Crippen LogP contribution in [0.2, 0.25) is 0 Å². The second-order valence-corrected chi connectivity index (χ2v) is 5.42. The van der Waals surface area contributed by atoms with Crippen molar-refractivity contribution < 1.29 is 9.47 Å². The van der Waals surface area contributed by atoms with Crippen molar-refractivity contribution in [3.63, 3.8) is 0 Å². The van der Waals surface area contributed by atoms with Crippen molar-refractivity contribution in [2.24, 2.45) is 5.92 Å². The second kappa shape index (κ2) is 7.91. The molecular formula is C17H23NO2. The molecule has 1 aromatic rings. The zero-order valence-electron chi connectivity index (χ0n) is 12.2. The number of nitrogens with zero attached hydrogens (tertiary/aromatic N) is 1. The van der Waals surface area contributed by atoms with Gasteiger partial charge in [0, 0.05) is 0 Å². The number of hydrogen-bond donors (Lipinski definition) is 0. The Kier molecular flexibility index (Phi) is 5.88. The molecule has 0 aromatic heterocycles. The third kappa shape index (κ3) is 4.54. The predicted molar refractivity (Wildman–Crippen MR) is 78.6 cm³/mol. The van der Waals surface area contributed by atoms with E-state index in [1.54, 1.807) is 12.1 Å². The molecule has 2 rings (SSSR count). The summed E-state index contributed by atoms with van der Waals surface area (Å²) in [6.45, 7) is 3.47. The van der Waals surface area contributed by atoms with Gasteiger partial charge in [0.1, 0.15) is 12.4 Å². The van der Waals surface area contributed by atoms with E-state index in [2.05, 4.69) is 13.0 Å². The minimum absolute atomic E-state index is 0.415. The molecule has 20 heavy (non-hydrogen) atoms. The van der Waals surface area contributed by atoms with Gasteiger partial charge < -0.3 is 9.47 Å². The van der Waals surface area contributed by atoms with Gasteiger partial charge in [-0.2, -0.15) is 5.26 Å². The summed E-state index contributed by atoms with van der Waals surface area (Å²) in [5.74, 6) is 1.64. The standard InChI is InChI=1S/C17H23NO2/c1-2-14-4-3-5-17(12-14)20-11-10-19-16-8-6-15(13-18)7-9-16/h6-9,14,17H,2-5,10-12H2,1H3. The van der Waals surface area contributed by atoms with Crippen LogP contribution in [0.4, 0.5) is 0 Å². The topological polar surface area (TPSA) is 42.2 Å². The average Bonchev–Trinajstić information content (AvgIpc) is 2.52. The Morgan fingerprint density at radius 3 is 2.70 bits per heavy atom. The van der Waals surface area contributed by atoms with Crippen LogP contribution in [0, 0.1) is 17.2 Å². The van der Waals surface area contributed by atoms with Crippen LogP contribution in [-0.4, -0.2) is 19.3 Å². The average molecular weight is 273 g/mol. The van der Waals surface area contributed by atoms with E-state index < -0.39 is 0 Å². The first-order valence-corrected chi connectivity index (χ1v) is 7.56. The summed E-state index contributed by atoms with van der Waals surface area (Å²) in [5, 5.41) is 8.72. The molecule has 0 radical (unpaired) electrons. The van der Waals surface area contributed by atoms with Crippen molar-refractivity contribution in [3.8, 4) is 11.8 Å². The molecule has 3 nitrogen and oxygen atoms in total. The maximum absolute atomic E-state index is 8.72.